The largest absolute Gasteiger partial charge is 0.459 e. The van der Waals surface area contributed by atoms with Gasteiger partial charge in [-0.1, -0.05) is 43.3 Å². The molecule has 1 fully saturated rings. The van der Waals surface area contributed by atoms with Gasteiger partial charge in [-0.05, 0) is 36.4 Å². The number of esters is 2. The summed E-state index contributed by atoms with van der Waals surface area (Å²) in [6, 6.07) is 19.2. The fourth-order valence-electron chi connectivity index (χ4n) is 4.41. The lowest BCUT2D eigenvalue weighted by molar-refractivity contribution is -0.0437. The molecule has 2 aromatic carbocycles. The molecule has 0 N–H and O–H groups in total. The Hall–Kier alpha value is -4.57. The van der Waals surface area contributed by atoms with Gasteiger partial charge < -0.3 is 19.1 Å². The first-order chi connectivity index (χ1) is 19.3. The number of aromatic nitrogens is 3. The van der Waals surface area contributed by atoms with Crippen molar-refractivity contribution >= 4 is 29.7 Å². The van der Waals surface area contributed by atoms with E-state index < -0.39 is 30.3 Å². The van der Waals surface area contributed by atoms with Crippen molar-refractivity contribution in [1.29, 1.82) is 0 Å². The van der Waals surface area contributed by atoms with Crippen molar-refractivity contribution < 1.29 is 25.2 Å². The molecule has 4 aromatic rings. The van der Waals surface area contributed by atoms with Crippen molar-refractivity contribution in [2.24, 2.45) is 10.9 Å². The van der Waals surface area contributed by atoms with Crippen LogP contribution < -0.4 is 0 Å². The number of rotatable bonds is 8. The third-order valence-corrected chi connectivity index (χ3v) is 6.35. The Kier molecular flexibility index (Phi) is 7.26. The summed E-state index contributed by atoms with van der Waals surface area (Å²) in [6.45, 7) is 1.76. The van der Waals surface area contributed by atoms with Gasteiger partial charge in [-0.2, -0.15) is 0 Å². The van der Waals surface area contributed by atoms with Gasteiger partial charge in [0.05, 0.1) is 36.2 Å². The van der Waals surface area contributed by atoms with Crippen LogP contribution in [0.1, 0.15) is 40.8 Å². The lowest BCUT2D eigenvalue weighted by atomic mass is 9.96. The van der Waals surface area contributed by atoms with Gasteiger partial charge in [0.1, 0.15) is 24.9 Å². The summed E-state index contributed by atoms with van der Waals surface area (Å²) in [5.74, 6) is -1.17. The van der Waals surface area contributed by atoms with Crippen LogP contribution in [0.2, 0.25) is 0 Å². The molecule has 0 spiro atoms. The maximum atomic E-state index is 13.0. The predicted octanol–water partition coefficient (Wildman–Crippen LogP) is 4.11. The first-order valence-electron chi connectivity index (χ1n) is 13.0. The van der Waals surface area contributed by atoms with Crippen molar-refractivity contribution in [3.63, 3.8) is 0 Å². The molecule has 0 aliphatic carbocycles. The van der Waals surface area contributed by atoms with E-state index in [9.17, 15) is 9.59 Å². The maximum absolute atomic E-state index is 13.0. The highest BCUT2D eigenvalue weighted by Gasteiger charge is 2.47. The standard InChI is InChI=1S/C29H29N5O5/c1-19-25(23-15-14-22-16-30-29(32-34(22)23)31-18-33(2)3)38-24(17-37-27(35)20-10-6-4-7-11-20)26(19)39-28(36)21-12-8-5-9-13-21/h4-16,18-19,24-26H,17H2,1-3H3/b31-18+/i14D. The van der Waals surface area contributed by atoms with Crippen molar-refractivity contribution in [2.75, 3.05) is 20.7 Å². The van der Waals surface area contributed by atoms with Gasteiger partial charge in [-0.15, -0.1) is 5.10 Å². The van der Waals surface area contributed by atoms with E-state index in [1.54, 1.807) is 70.4 Å². The number of hydrogen-bond acceptors (Lipinski definition) is 8. The van der Waals surface area contributed by atoms with Crippen LogP contribution in [-0.4, -0.2) is 70.7 Å². The Labute approximate surface area is 227 Å². The summed E-state index contributed by atoms with van der Waals surface area (Å²) < 4.78 is 27.9. The third kappa shape index (κ3) is 5.80. The topological polar surface area (TPSA) is 108 Å². The monoisotopic (exact) mass is 528 g/mol. The number of hydrogen-bond donors (Lipinski definition) is 0. The van der Waals surface area contributed by atoms with Crippen molar-refractivity contribution in [2.45, 2.75) is 25.2 Å². The molecule has 2 aromatic heterocycles. The van der Waals surface area contributed by atoms with Crippen LogP contribution in [0.4, 0.5) is 5.95 Å². The average Bonchev–Trinajstić information content (AvgIpc) is 3.46. The van der Waals surface area contributed by atoms with E-state index in [4.69, 9.17) is 15.6 Å². The van der Waals surface area contributed by atoms with Crippen molar-refractivity contribution in [3.05, 3.63) is 95.8 Å². The molecule has 1 aliphatic rings. The molecule has 3 heterocycles. The number of nitrogens with zero attached hydrogens (tertiary/aromatic N) is 5. The summed E-state index contributed by atoms with van der Waals surface area (Å²) in [5.41, 5.74) is 1.86. The summed E-state index contributed by atoms with van der Waals surface area (Å²) in [5, 5.41) is 4.51. The van der Waals surface area contributed by atoms with Crippen molar-refractivity contribution in [1.82, 2.24) is 19.5 Å². The predicted molar refractivity (Wildman–Crippen MR) is 144 cm³/mol. The molecule has 39 heavy (non-hydrogen) atoms. The molecule has 10 nitrogen and oxygen atoms in total. The molecule has 200 valence electrons. The van der Waals surface area contributed by atoms with E-state index in [1.165, 1.54) is 6.20 Å². The second-order valence-electron chi connectivity index (χ2n) is 9.43. The highest BCUT2D eigenvalue weighted by Crippen LogP contribution is 2.40. The van der Waals surface area contributed by atoms with Gasteiger partial charge in [0.2, 0.25) is 0 Å². The third-order valence-electron chi connectivity index (χ3n) is 6.35. The van der Waals surface area contributed by atoms with Crippen LogP contribution in [-0.2, 0) is 14.2 Å². The Morgan fingerprint density at radius 2 is 1.74 bits per heavy atom. The highest BCUT2D eigenvalue weighted by atomic mass is 16.6. The molecule has 0 amide bonds. The zero-order valence-electron chi connectivity index (χ0n) is 22.8. The molecule has 4 unspecified atom stereocenters. The minimum atomic E-state index is -0.756. The van der Waals surface area contributed by atoms with Crippen molar-refractivity contribution in [3.8, 4) is 0 Å². The molecule has 0 radical (unpaired) electrons. The average molecular weight is 529 g/mol. The molecule has 0 saturated carbocycles. The summed E-state index contributed by atoms with van der Waals surface area (Å²) in [7, 11) is 3.67. The summed E-state index contributed by atoms with van der Waals surface area (Å²) in [6.07, 6.45) is 0.993. The number of carbonyl (C=O) groups is 2. The molecular formula is C29H29N5O5. The smallest absolute Gasteiger partial charge is 0.338 e. The van der Waals surface area contributed by atoms with E-state index in [2.05, 4.69) is 15.1 Å². The van der Waals surface area contributed by atoms with Gasteiger partial charge in [-0.3, -0.25) is 0 Å². The highest BCUT2D eigenvalue weighted by molar-refractivity contribution is 5.90. The van der Waals surface area contributed by atoms with Gasteiger partial charge >= 0.3 is 11.9 Å². The Morgan fingerprint density at radius 1 is 1.08 bits per heavy atom. The zero-order chi connectivity index (χ0) is 28.2. The zero-order valence-corrected chi connectivity index (χ0v) is 21.8. The number of ether oxygens (including phenoxy) is 3. The number of aliphatic imine (C=N–C) groups is 1. The van der Waals surface area contributed by atoms with E-state index in [1.807, 2.05) is 33.2 Å². The Morgan fingerprint density at radius 3 is 2.41 bits per heavy atom. The van der Waals surface area contributed by atoms with Gasteiger partial charge in [-0.25, -0.2) is 24.1 Å². The van der Waals surface area contributed by atoms with Crippen LogP contribution in [0.25, 0.3) is 5.52 Å². The first kappa shape index (κ1) is 24.7. The minimum Gasteiger partial charge on any atom is -0.459 e. The molecule has 10 heteroatoms. The van der Waals surface area contributed by atoms with Crippen LogP contribution in [0, 0.1) is 5.92 Å². The van der Waals surface area contributed by atoms with Crippen LogP contribution >= 0.6 is 0 Å². The lowest BCUT2D eigenvalue weighted by Crippen LogP contribution is -2.35. The van der Waals surface area contributed by atoms with Gasteiger partial charge in [0.25, 0.3) is 5.95 Å². The molecule has 1 saturated heterocycles. The second kappa shape index (κ2) is 11.4. The Balaban J connectivity index is 1.44. The fourth-order valence-corrected chi connectivity index (χ4v) is 4.41. The van der Waals surface area contributed by atoms with Gasteiger partial charge in [0.15, 0.2) is 0 Å². The van der Waals surface area contributed by atoms with E-state index in [0.29, 0.717) is 22.3 Å². The lowest BCUT2D eigenvalue weighted by Gasteiger charge is -2.21. The first-order valence-corrected chi connectivity index (χ1v) is 12.5. The van der Waals surface area contributed by atoms with E-state index in [0.717, 1.165) is 0 Å². The second-order valence-corrected chi connectivity index (χ2v) is 9.43. The SMILES string of the molecule is [2H]c1cc(C2OC(COC(=O)c3ccccc3)C(OC(=O)c3ccccc3)C2C)n2nc(/N=C/N(C)C)ncc12. The van der Waals surface area contributed by atoms with Crippen LogP contribution in [0.15, 0.2) is 84.0 Å². The van der Waals surface area contributed by atoms with E-state index in [-0.39, 0.29) is 24.5 Å². The van der Waals surface area contributed by atoms with Gasteiger partial charge in [0, 0.05) is 20.0 Å². The summed E-state index contributed by atoms with van der Waals surface area (Å²) >= 11 is 0. The molecule has 1 aliphatic heterocycles. The number of fused-ring (bicyclic) bond motifs is 1. The van der Waals surface area contributed by atoms with E-state index >= 15 is 0 Å². The molecule has 4 atom stereocenters. The van der Waals surface area contributed by atoms with Crippen LogP contribution in [0.5, 0.6) is 0 Å². The quantitative estimate of drug-likeness (QED) is 0.191. The van der Waals surface area contributed by atoms with Crippen LogP contribution in [0.3, 0.4) is 0 Å². The Bertz CT molecular complexity index is 1530. The minimum absolute atomic E-state index is 0.133. The molecular weight excluding hydrogens is 498 g/mol. The molecule has 0 bridgehead atoms. The molecule has 5 rings (SSSR count). The number of carbonyl (C=O) groups excluding carboxylic acids is 2. The fraction of sp³-hybridized carbons (Fsp3) is 0.276. The number of benzene rings is 2. The summed E-state index contributed by atoms with van der Waals surface area (Å²) in [4.78, 5) is 35.9. The maximum Gasteiger partial charge on any atom is 0.338 e. The normalized spacial score (nSPS) is 21.2.